The molecule has 3 fully saturated rings. The quantitative estimate of drug-likeness (QED) is 0.365. The van der Waals surface area contributed by atoms with E-state index in [2.05, 4.69) is 69.5 Å². The van der Waals surface area contributed by atoms with Gasteiger partial charge in [0.1, 0.15) is 11.4 Å². The fourth-order valence-electron chi connectivity index (χ4n) is 7.09. The molecule has 7 rings (SSSR count). The summed E-state index contributed by atoms with van der Waals surface area (Å²) in [6.07, 6.45) is 6.29. The molecular formula is C30H39N9O3. The first kappa shape index (κ1) is 26.9. The van der Waals surface area contributed by atoms with Crippen LogP contribution in [0.15, 0.2) is 12.3 Å². The minimum Gasteiger partial charge on any atom is -0.463 e. The number of carbonyl (C=O) groups is 2. The maximum absolute atomic E-state index is 12.8. The SMILES string of the molecule is Cc1cc2[nH]ncc2c(N2CCc3c(nc(OCC4(CN(C)C)CC4)nc3N3CCC[C@]4(C3)NC(=O)NC4=O)C2)c1C. The van der Waals surface area contributed by atoms with Crippen LogP contribution < -0.4 is 25.2 Å². The zero-order valence-electron chi connectivity index (χ0n) is 24.8. The number of hydrogen-bond donors (Lipinski definition) is 3. The van der Waals surface area contributed by atoms with Gasteiger partial charge in [-0.15, -0.1) is 0 Å². The fourth-order valence-corrected chi connectivity index (χ4v) is 7.09. The first-order valence-corrected chi connectivity index (χ1v) is 14.9. The third-order valence-corrected chi connectivity index (χ3v) is 9.49. The molecule has 3 aromatic rings. The minimum absolute atomic E-state index is 0.141. The van der Waals surface area contributed by atoms with Crippen LogP contribution in [0.4, 0.5) is 16.3 Å². The van der Waals surface area contributed by atoms with E-state index in [1.54, 1.807) is 0 Å². The number of anilines is 2. The molecule has 1 atom stereocenters. The lowest BCUT2D eigenvalue weighted by molar-refractivity contribution is -0.124. The molecule has 4 aliphatic rings. The molecule has 3 aliphatic heterocycles. The predicted octanol–water partition coefficient (Wildman–Crippen LogP) is 2.43. The minimum atomic E-state index is -0.940. The average Bonchev–Trinajstić information content (AvgIpc) is 3.45. The summed E-state index contributed by atoms with van der Waals surface area (Å²) in [5, 5.41) is 13.9. The number of aromatic nitrogens is 4. The molecule has 0 unspecified atom stereocenters. The fraction of sp³-hybridized carbons (Fsp3) is 0.567. The summed E-state index contributed by atoms with van der Waals surface area (Å²) in [6, 6.07) is 2.10. The summed E-state index contributed by atoms with van der Waals surface area (Å²) in [5.74, 6) is 0.552. The molecule has 3 amide bonds. The standard InChI is InChI=1S/C30H39N9O3/c1-18-12-22-21(13-31-36-22)24(19(18)2)38-11-6-20-23(14-38)32-28(42-17-29(8-9-29)15-37(3)4)33-25(20)39-10-5-7-30(16-39)26(40)34-27(41)35-30/h12-13H,5-11,14-17H2,1-4H3,(H,31,36)(H2,34,35,40,41)/t30-/m1/s1. The van der Waals surface area contributed by atoms with Crippen LogP contribution in [-0.4, -0.2) is 89.4 Å². The van der Waals surface area contributed by atoms with Gasteiger partial charge in [-0.25, -0.2) is 4.79 Å². The molecule has 3 N–H and O–H groups in total. The molecule has 222 valence electrons. The van der Waals surface area contributed by atoms with Crippen LogP contribution in [0.1, 0.15) is 48.1 Å². The number of nitrogens with one attached hydrogen (secondary N) is 3. The Hall–Kier alpha value is -3.93. The lowest BCUT2D eigenvalue weighted by Crippen LogP contribution is -2.59. The highest BCUT2D eigenvalue weighted by Gasteiger charge is 2.49. The maximum Gasteiger partial charge on any atom is 0.322 e. The number of carbonyl (C=O) groups excluding carboxylic acids is 2. The number of aromatic amines is 1. The number of fused-ring (bicyclic) bond motifs is 2. The largest absolute Gasteiger partial charge is 0.463 e. The Labute approximate surface area is 245 Å². The number of benzene rings is 1. The van der Waals surface area contributed by atoms with Gasteiger partial charge in [0.15, 0.2) is 0 Å². The number of amides is 3. The second-order valence-corrected chi connectivity index (χ2v) is 13.0. The Morgan fingerprint density at radius 2 is 1.93 bits per heavy atom. The van der Waals surface area contributed by atoms with Gasteiger partial charge in [0.05, 0.1) is 42.8 Å². The number of rotatable bonds is 7. The summed E-state index contributed by atoms with van der Waals surface area (Å²) < 4.78 is 6.37. The Balaban J connectivity index is 1.25. The van der Waals surface area contributed by atoms with E-state index < -0.39 is 11.6 Å². The van der Waals surface area contributed by atoms with E-state index in [0.717, 1.165) is 73.3 Å². The Kier molecular flexibility index (Phi) is 6.30. The van der Waals surface area contributed by atoms with E-state index in [-0.39, 0.29) is 11.3 Å². The molecular weight excluding hydrogens is 534 g/mol. The van der Waals surface area contributed by atoms with Gasteiger partial charge in [-0.2, -0.15) is 15.1 Å². The monoisotopic (exact) mass is 573 g/mol. The average molecular weight is 574 g/mol. The van der Waals surface area contributed by atoms with E-state index in [4.69, 9.17) is 14.7 Å². The van der Waals surface area contributed by atoms with Gasteiger partial charge in [-0.1, -0.05) is 0 Å². The molecule has 42 heavy (non-hydrogen) atoms. The highest BCUT2D eigenvalue weighted by molar-refractivity contribution is 6.07. The van der Waals surface area contributed by atoms with E-state index in [1.807, 2.05) is 6.20 Å². The van der Waals surface area contributed by atoms with Gasteiger partial charge < -0.3 is 24.8 Å². The van der Waals surface area contributed by atoms with E-state index in [0.29, 0.717) is 32.1 Å². The first-order valence-electron chi connectivity index (χ1n) is 14.9. The molecule has 1 aromatic carbocycles. The van der Waals surface area contributed by atoms with Crippen molar-refractivity contribution in [2.24, 2.45) is 5.41 Å². The van der Waals surface area contributed by atoms with Crippen LogP contribution >= 0.6 is 0 Å². The molecule has 0 bridgehead atoms. The summed E-state index contributed by atoms with van der Waals surface area (Å²) in [5.41, 5.74) is 5.88. The third kappa shape index (κ3) is 4.61. The zero-order chi connectivity index (χ0) is 29.2. The number of nitrogens with zero attached hydrogens (tertiary/aromatic N) is 6. The first-order chi connectivity index (χ1) is 20.2. The molecule has 12 nitrogen and oxygen atoms in total. The highest BCUT2D eigenvalue weighted by Crippen LogP contribution is 2.46. The molecule has 1 saturated carbocycles. The van der Waals surface area contributed by atoms with Crippen molar-refractivity contribution in [3.05, 3.63) is 34.6 Å². The van der Waals surface area contributed by atoms with E-state index in [9.17, 15) is 9.59 Å². The van der Waals surface area contributed by atoms with E-state index >= 15 is 0 Å². The number of aryl methyl sites for hydroxylation is 1. The summed E-state index contributed by atoms with van der Waals surface area (Å²) in [4.78, 5) is 41.7. The molecule has 5 heterocycles. The summed E-state index contributed by atoms with van der Waals surface area (Å²) in [6.45, 7) is 8.37. The normalized spacial score (nSPS) is 23.0. The molecule has 1 aliphatic carbocycles. The number of urea groups is 1. The molecule has 2 aromatic heterocycles. The van der Waals surface area contributed by atoms with Gasteiger partial charge in [-0.05, 0) is 77.2 Å². The van der Waals surface area contributed by atoms with Crippen molar-refractivity contribution in [1.29, 1.82) is 0 Å². The molecule has 1 spiro atoms. The second-order valence-electron chi connectivity index (χ2n) is 13.0. The van der Waals surface area contributed by atoms with Crippen LogP contribution in [0.2, 0.25) is 0 Å². The van der Waals surface area contributed by atoms with Gasteiger partial charge in [0.25, 0.3) is 5.91 Å². The number of hydrogen-bond acceptors (Lipinski definition) is 9. The van der Waals surface area contributed by atoms with Crippen molar-refractivity contribution >= 4 is 34.3 Å². The van der Waals surface area contributed by atoms with Crippen LogP contribution in [0, 0.1) is 19.3 Å². The lowest BCUT2D eigenvalue weighted by Gasteiger charge is -2.40. The molecule has 12 heteroatoms. The van der Waals surface area contributed by atoms with Crippen molar-refractivity contribution in [3.8, 4) is 6.01 Å². The third-order valence-electron chi connectivity index (χ3n) is 9.49. The smallest absolute Gasteiger partial charge is 0.322 e. The van der Waals surface area contributed by atoms with Crippen LogP contribution in [0.25, 0.3) is 10.9 Å². The van der Waals surface area contributed by atoms with Gasteiger partial charge in [0.2, 0.25) is 0 Å². The summed E-state index contributed by atoms with van der Waals surface area (Å²) in [7, 11) is 4.19. The molecule has 2 saturated heterocycles. The van der Waals surface area contributed by atoms with Crippen molar-refractivity contribution in [2.45, 2.75) is 58.0 Å². The van der Waals surface area contributed by atoms with Crippen LogP contribution in [0.3, 0.4) is 0 Å². The van der Waals surface area contributed by atoms with Gasteiger partial charge >= 0.3 is 12.0 Å². The Morgan fingerprint density at radius 1 is 1.10 bits per heavy atom. The Bertz CT molecular complexity index is 1580. The lowest BCUT2D eigenvalue weighted by atomic mass is 9.88. The summed E-state index contributed by atoms with van der Waals surface area (Å²) >= 11 is 0. The number of piperidine rings is 1. The Morgan fingerprint density at radius 3 is 2.67 bits per heavy atom. The predicted molar refractivity (Wildman–Crippen MR) is 159 cm³/mol. The molecule has 0 radical (unpaired) electrons. The number of ether oxygens (including phenoxy) is 1. The highest BCUT2D eigenvalue weighted by atomic mass is 16.5. The maximum atomic E-state index is 12.8. The van der Waals surface area contributed by atoms with Crippen molar-refractivity contribution in [1.82, 2.24) is 35.7 Å². The number of imide groups is 1. The zero-order valence-corrected chi connectivity index (χ0v) is 24.8. The van der Waals surface area contributed by atoms with Crippen molar-refractivity contribution in [3.63, 3.8) is 0 Å². The van der Waals surface area contributed by atoms with E-state index in [1.165, 1.54) is 16.8 Å². The van der Waals surface area contributed by atoms with Gasteiger partial charge in [0, 0.05) is 36.0 Å². The van der Waals surface area contributed by atoms with Crippen LogP contribution in [-0.2, 0) is 17.8 Å². The van der Waals surface area contributed by atoms with Crippen LogP contribution in [0.5, 0.6) is 6.01 Å². The van der Waals surface area contributed by atoms with Crippen molar-refractivity contribution in [2.75, 3.05) is 56.7 Å². The van der Waals surface area contributed by atoms with Crippen molar-refractivity contribution < 1.29 is 14.3 Å². The van der Waals surface area contributed by atoms with Gasteiger partial charge in [-0.3, -0.25) is 15.2 Å². The topological polar surface area (TPSA) is 132 Å². The second kappa shape index (κ2) is 9.82. The number of H-pyrrole nitrogens is 1.